The van der Waals surface area contributed by atoms with Crippen molar-refractivity contribution in [2.45, 2.75) is 37.1 Å². The maximum atomic E-state index is 9.65. The molecule has 2 heterocycles. The fourth-order valence-electron chi connectivity index (χ4n) is 3.31. The molecule has 3 rings (SSSR count). The van der Waals surface area contributed by atoms with Crippen LogP contribution in [0.4, 0.5) is 5.82 Å². The highest BCUT2D eigenvalue weighted by Gasteiger charge is 2.30. The molecule has 120 valence electrons. The zero-order chi connectivity index (χ0) is 16.1. The number of nitriles is 2. The molecule has 0 aromatic carbocycles. The van der Waals surface area contributed by atoms with Gasteiger partial charge in [-0.15, -0.1) is 0 Å². The van der Waals surface area contributed by atoms with Gasteiger partial charge in [0.15, 0.2) is 5.03 Å². The van der Waals surface area contributed by atoms with Crippen molar-refractivity contribution >= 4 is 17.6 Å². The fourth-order valence-corrected chi connectivity index (χ4v) is 4.19. The van der Waals surface area contributed by atoms with E-state index in [0.29, 0.717) is 12.2 Å². The maximum absolute atomic E-state index is 9.65. The average Bonchev–Trinajstić information content (AvgIpc) is 2.62. The van der Waals surface area contributed by atoms with E-state index in [0.717, 1.165) is 56.2 Å². The van der Waals surface area contributed by atoms with Crippen LogP contribution in [0.5, 0.6) is 0 Å². The number of nitrogens with one attached hydrogen (secondary N) is 1. The predicted octanol–water partition coefficient (Wildman–Crippen LogP) is 2.09. The smallest absolute Gasteiger partial charge is 0.278 e. The Morgan fingerprint density at radius 3 is 2.57 bits per heavy atom. The molecule has 23 heavy (non-hydrogen) atoms. The lowest BCUT2D eigenvalue weighted by Crippen LogP contribution is -2.41. The molecule has 1 saturated heterocycles. The van der Waals surface area contributed by atoms with Gasteiger partial charge in [-0.25, -0.2) is 4.98 Å². The molecule has 0 unspecified atom stereocenters. The molecule has 1 aromatic rings. The molecule has 0 radical (unpaired) electrons. The van der Waals surface area contributed by atoms with Crippen LogP contribution in [0.2, 0.25) is 0 Å². The summed E-state index contributed by atoms with van der Waals surface area (Å²) in [6, 6.07) is 4.57. The van der Waals surface area contributed by atoms with Crippen LogP contribution in [0.1, 0.15) is 36.0 Å². The summed E-state index contributed by atoms with van der Waals surface area (Å²) in [5.74, 6) is 1.88. The molecule has 0 bridgehead atoms. The quantitative estimate of drug-likeness (QED) is 0.624. The van der Waals surface area contributed by atoms with Gasteiger partial charge in [0.2, 0.25) is 0 Å². The Hall–Kier alpha value is -1.76. The number of hydrogen-bond donors (Lipinski definition) is 0. The number of thioether (sulfide) groups is 1. The number of hydrogen-bond acceptors (Lipinski definition) is 5. The Balaban J connectivity index is 2.01. The van der Waals surface area contributed by atoms with E-state index in [2.05, 4.69) is 22.0 Å². The maximum Gasteiger partial charge on any atom is 0.278 e. The van der Waals surface area contributed by atoms with Crippen molar-refractivity contribution in [2.24, 2.45) is 0 Å². The Labute approximate surface area is 141 Å². The molecular formula is C17H21N4OS+. The number of anilines is 1. The van der Waals surface area contributed by atoms with Gasteiger partial charge in [-0.05, 0) is 31.2 Å². The average molecular weight is 329 g/mol. The third-order valence-corrected chi connectivity index (χ3v) is 5.42. The van der Waals surface area contributed by atoms with Gasteiger partial charge in [0, 0.05) is 17.7 Å². The van der Waals surface area contributed by atoms with Crippen LogP contribution in [-0.4, -0.2) is 32.1 Å². The molecule has 2 aliphatic rings. The Morgan fingerprint density at radius 1 is 1.13 bits per heavy atom. The summed E-state index contributed by atoms with van der Waals surface area (Å²) in [5.41, 5.74) is 3.33. The molecule has 1 N–H and O–H groups in total. The van der Waals surface area contributed by atoms with Crippen LogP contribution < -0.4 is 9.88 Å². The van der Waals surface area contributed by atoms with Crippen LogP contribution >= 0.6 is 11.8 Å². The van der Waals surface area contributed by atoms with Crippen LogP contribution in [0.25, 0.3) is 0 Å². The number of aromatic nitrogens is 1. The number of rotatable bonds is 4. The van der Waals surface area contributed by atoms with Crippen LogP contribution in [0, 0.1) is 22.7 Å². The highest BCUT2D eigenvalue weighted by molar-refractivity contribution is 7.99. The van der Waals surface area contributed by atoms with Gasteiger partial charge >= 0.3 is 0 Å². The molecular weight excluding hydrogens is 308 g/mol. The van der Waals surface area contributed by atoms with Crippen molar-refractivity contribution in [3.63, 3.8) is 0 Å². The number of fused-ring (bicyclic) bond motifs is 1. The van der Waals surface area contributed by atoms with E-state index in [4.69, 9.17) is 10.00 Å². The second-order valence-corrected chi connectivity index (χ2v) is 6.91. The molecule has 1 aliphatic heterocycles. The zero-order valence-corrected chi connectivity index (χ0v) is 14.0. The van der Waals surface area contributed by atoms with Gasteiger partial charge < -0.3 is 4.74 Å². The van der Waals surface area contributed by atoms with Gasteiger partial charge in [0.1, 0.15) is 24.7 Å². The number of aromatic amines is 1. The summed E-state index contributed by atoms with van der Waals surface area (Å²) in [4.78, 5) is 5.87. The van der Waals surface area contributed by atoms with Gasteiger partial charge in [-0.2, -0.15) is 10.5 Å². The van der Waals surface area contributed by atoms with E-state index in [1.54, 1.807) is 11.8 Å². The SMILES string of the molecule is N#CCCSc1[nH+]c(N2CCOCC2)c2c(c1C#N)CCCC2. The third-order valence-electron chi connectivity index (χ3n) is 4.41. The van der Waals surface area contributed by atoms with E-state index in [1.165, 1.54) is 23.4 Å². The second kappa shape index (κ2) is 7.68. The molecule has 5 nitrogen and oxygen atoms in total. The van der Waals surface area contributed by atoms with Gasteiger partial charge in [0.05, 0.1) is 19.3 Å². The lowest BCUT2D eigenvalue weighted by molar-refractivity contribution is -0.414. The number of nitrogens with zero attached hydrogens (tertiary/aromatic N) is 3. The first-order chi connectivity index (χ1) is 11.3. The Bertz CT molecular complexity index is 656. The predicted molar refractivity (Wildman–Crippen MR) is 88.3 cm³/mol. The first-order valence-corrected chi connectivity index (χ1v) is 9.17. The Morgan fingerprint density at radius 2 is 1.87 bits per heavy atom. The van der Waals surface area contributed by atoms with Crippen LogP contribution in [-0.2, 0) is 17.6 Å². The summed E-state index contributed by atoms with van der Waals surface area (Å²) < 4.78 is 5.47. The van der Waals surface area contributed by atoms with Crippen molar-refractivity contribution in [3.05, 3.63) is 16.7 Å². The van der Waals surface area contributed by atoms with Crippen LogP contribution in [0.3, 0.4) is 0 Å². The molecule has 0 atom stereocenters. The fraction of sp³-hybridized carbons (Fsp3) is 0.588. The number of ether oxygens (including phenoxy) is 1. The standard InChI is InChI=1S/C17H20N4OS/c18-6-3-11-23-17-15(12-19)13-4-1-2-5-14(13)16(20-17)21-7-9-22-10-8-21/h1-5,7-11H2/p+1. The number of H-pyrrole nitrogens is 1. The van der Waals surface area contributed by atoms with E-state index in [-0.39, 0.29) is 0 Å². The summed E-state index contributed by atoms with van der Waals surface area (Å²) >= 11 is 1.59. The number of pyridine rings is 1. The van der Waals surface area contributed by atoms with E-state index in [1.807, 2.05) is 0 Å². The lowest BCUT2D eigenvalue weighted by atomic mass is 9.89. The molecule has 1 aliphatic carbocycles. The monoisotopic (exact) mass is 329 g/mol. The van der Waals surface area contributed by atoms with E-state index in [9.17, 15) is 5.26 Å². The molecule has 1 fully saturated rings. The molecule has 0 amide bonds. The van der Waals surface area contributed by atoms with Crippen molar-refractivity contribution in [3.8, 4) is 12.1 Å². The topological polar surface area (TPSA) is 74.2 Å². The van der Waals surface area contributed by atoms with Gasteiger partial charge in [-0.1, -0.05) is 11.8 Å². The van der Waals surface area contributed by atoms with E-state index < -0.39 is 0 Å². The summed E-state index contributed by atoms with van der Waals surface area (Å²) in [7, 11) is 0. The van der Waals surface area contributed by atoms with E-state index >= 15 is 0 Å². The lowest BCUT2D eigenvalue weighted by Gasteiger charge is -2.26. The molecule has 0 spiro atoms. The van der Waals surface area contributed by atoms with Crippen molar-refractivity contribution in [1.29, 1.82) is 10.5 Å². The summed E-state index contributed by atoms with van der Waals surface area (Å²) in [6.07, 6.45) is 4.85. The van der Waals surface area contributed by atoms with Crippen molar-refractivity contribution < 1.29 is 9.72 Å². The third kappa shape index (κ3) is 3.44. The minimum absolute atomic E-state index is 0.493. The minimum atomic E-state index is 0.493. The summed E-state index contributed by atoms with van der Waals surface area (Å²) in [5, 5.41) is 19.3. The molecule has 1 aromatic heterocycles. The largest absolute Gasteiger partial charge is 0.373 e. The van der Waals surface area contributed by atoms with Gasteiger partial charge in [0.25, 0.3) is 5.82 Å². The van der Waals surface area contributed by atoms with Crippen LogP contribution in [0.15, 0.2) is 5.03 Å². The second-order valence-electron chi connectivity index (χ2n) is 5.81. The first kappa shape index (κ1) is 16.1. The Kier molecular flexibility index (Phi) is 5.38. The minimum Gasteiger partial charge on any atom is -0.373 e. The highest BCUT2D eigenvalue weighted by Crippen LogP contribution is 2.34. The number of morpholine rings is 1. The molecule has 0 saturated carbocycles. The highest BCUT2D eigenvalue weighted by atomic mass is 32.2. The van der Waals surface area contributed by atoms with Crippen molar-refractivity contribution in [1.82, 2.24) is 0 Å². The van der Waals surface area contributed by atoms with Gasteiger partial charge in [-0.3, -0.25) is 4.90 Å². The first-order valence-electron chi connectivity index (χ1n) is 8.18. The normalized spacial score (nSPS) is 17.2. The molecule has 6 heteroatoms. The zero-order valence-electron chi connectivity index (χ0n) is 13.2. The van der Waals surface area contributed by atoms with Crippen molar-refractivity contribution in [2.75, 3.05) is 37.0 Å². The summed E-state index contributed by atoms with van der Waals surface area (Å²) in [6.45, 7) is 3.27.